The van der Waals surface area contributed by atoms with Gasteiger partial charge in [0.25, 0.3) is 0 Å². The molecule has 0 unspecified atom stereocenters. The van der Waals surface area contributed by atoms with Crippen molar-refractivity contribution < 1.29 is 0 Å². The number of hydrogen-bond acceptors (Lipinski definition) is 3. The SMILES string of the molecule is c1cncc(-c2cc3cc4sc5ccccc5c4cc3c3c2ccc2c4ccccc4sc23)c1. The van der Waals surface area contributed by atoms with Gasteiger partial charge in [0.15, 0.2) is 0 Å². The van der Waals surface area contributed by atoms with Crippen molar-refractivity contribution in [3.05, 3.63) is 103 Å². The predicted molar refractivity (Wildman–Crippen MR) is 150 cm³/mol. The van der Waals surface area contributed by atoms with E-state index in [9.17, 15) is 0 Å². The second-order valence-corrected chi connectivity index (χ2v) is 10.9. The Morgan fingerprint density at radius 2 is 1.29 bits per heavy atom. The maximum Gasteiger partial charge on any atom is 0.0440 e. The molecule has 0 aliphatic carbocycles. The Labute approximate surface area is 203 Å². The van der Waals surface area contributed by atoms with E-state index in [-0.39, 0.29) is 0 Å². The number of hydrogen-bond donors (Lipinski definition) is 0. The molecule has 0 bridgehead atoms. The van der Waals surface area contributed by atoms with Crippen molar-refractivity contribution in [1.29, 1.82) is 0 Å². The molecule has 3 heterocycles. The molecule has 0 amide bonds. The molecule has 5 aromatic carbocycles. The molecule has 0 radical (unpaired) electrons. The second-order valence-electron chi connectivity index (χ2n) is 8.80. The number of thiophene rings is 2. The molecule has 158 valence electrons. The first-order valence-electron chi connectivity index (χ1n) is 11.4. The van der Waals surface area contributed by atoms with Crippen LogP contribution in [0.4, 0.5) is 0 Å². The lowest BCUT2D eigenvalue weighted by molar-refractivity contribution is 1.33. The van der Waals surface area contributed by atoms with E-state index in [2.05, 4.69) is 89.9 Å². The first kappa shape index (κ1) is 18.6. The van der Waals surface area contributed by atoms with Crippen LogP contribution in [0.5, 0.6) is 0 Å². The summed E-state index contributed by atoms with van der Waals surface area (Å²) in [7, 11) is 0. The maximum atomic E-state index is 4.43. The summed E-state index contributed by atoms with van der Waals surface area (Å²) < 4.78 is 5.39. The van der Waals surface area contributed by atoms with Crippen molar-refractivity contribution in [3.63, 3.8) is 0 Å². The highest BCUT2D eigenvalue weighted by Gasteiger charge is 2.16. The standard InChI is InChI=1S/C31H17NS2/c1-4-10-28-20(7-1)23-12-11-22-24(18-6-5-13-32-17-18)14-19-15-29-26(16-25(19)30(22)31(23)34-28)21-8-2-3-9-27(21)33-29/h1-17H. The monoisotopic (exact) mass is 467 g/mol. The van der Waals surface area contributed by atoms with Crippen LogP contribution >= 0.6 is 22.7 Å². The minimum atomic E-state index is 1.16. The molecule has 0 saturated heterocycles. The summed E-state index contributed by atoms with van der Waals surface area (Å²) in [6.07, 6.45) is 3.82. The summed E-state index contributed by atoms with van der Waals surface area (Å²) >= 11 is 3.79. The zero-order chi connectivity index (χ0) is 22.2. The molecule has 0 N–H and O–H groups in total. The Balaban J connectivity index is 1.64. The third-order valence-corrected chi connectivity index (χ3v) is 9.27. The quantitative estimate of drug-likeness (QED) is 0.219. The van der Waals surface area contributed by atoms with Gasteiger partial charge in [-0.15, -0.1) is 22.7 Å². The summed E-state index contributed by atoms with van der Waals surface area (Å²) in [5.41, 5.74) is 2.40. The maximum absolute atomic E-state index is 4.43. The van der Waals surface area contributed by atoms with Crippen molar-refractivity contribution in [1.82, 2.24) is 4.98 Å². The average molecular weight is 468 g/mol. The lowest BCUT2D eigenvalue weighted by atomic mass is 9.92. The van der Waals surface area contributed by atoms with Gasteiger partial charge in [0.2, 0.25) is 0 Å². The van der Waals surface area contributed by atoms with Gasteiger partial charge in [0, 0.05) is 63.7 Å². The largest absolute Gasteiger partial charge is 0.264 e. The van der Waals surface area contributed by atoms with E-state index >= 15 is 0 Å². The van der Waals surface area contributed by atoms with Gasteiger partial charge in [-0.2, -0.15) is 0 Å². The van der Waals surface area contributed by atoms with E-state index in [1.165, 1.54) is 67.5 Å². The molecular weight excluding hydrogens is 450 g/mol. The van der Waals surface area contributed by atoms with E-state index < -0.39 is 0 Å². The molecule has 3 aromatic heterocycles. The molecule has 0 fully saturated rings. The first-order valence-corrected chi connectivity index (χ1v) is 13.0. The fraction of sp³-hybridized carbons (Fsp3) is 0. The summed E-state index contributed by atoms with van der Waals surface area (Å²) in [5, 5.41) is 10.6. The van der Waals surface area contributed by atoms with Gasteiger partial charge in [-0.3, -0.25) is 4.98 Å². The van der Waals surface area contributed by atoms with E-state index in [0.29, 0.717) is 0 Å². The number of fused-ring (bicyclic) bond motifs is 10. The predicted octanol–water partition coefficient (Wildman–Crippen LogP) is 9.79. The molecule has 3 heteroatoms. The van der Waals surface area contributed by atoms with Gasteiger partial charge in [-0.25, -0.2) is 0 Å². The van der Waals surface area contributed by atoms with Crippen molar-refractivity contribution in [2.24, 2.45) is 0 Å². The number of aromatic nitrogens is 1. The summed E-state index contributed by atoms with van der Waals surface area (Å²) in [6.45, 7) is 0. The van der Waals surface area contributed by atoms with E-state index in [1.807, 2.05) is 41.1 Å². The molecule has 0 spiro atoms. The van der Waals surface area contributed by atoms with Crippen LogP contribution < -0.4 is 0 Å². The topological polar surface area (TPSA) is 12.9 Å². The summed E-state index contributed by atoms with van der Waals surface area (Å²) in [6, 6.07) is 33.5. The van der Waals surface area contributed by atoms with Crippen LogP contribution in [0.2, 0.25) is 0 Å². The Hall–Kier alpha value is -3.79. The van der Waals surface area contributed by atoms with E-state index in [1.54, 1.807) is 0 Å². The van der Waals surface area contributed by atoms with Crippen LogP contribution in [0.15, 0.2) is 103 Å². The number of rotatable bonds is 1. The molecular formula is C31H17NS2. The number of pyridine rings is 1. The van der Waals surface area contributed by atoms with Gasteiger partial charge < -0.3 is 0 Å². The summed E-state index contributed by atoms with van der Waals surface area (Å²) in [4.78, 5) is 4.43. The van der Waals surface area contributed by atoms with Crippen LogP contribution in [-0.2, 0) is 0 Å². The second kappa shape index (κ2) is 6.86. The smallest absolute Gasteiger partial charge is 0.0440 e. The molecule has 1 nitrogen and oxygen atoms in total. The lowest BCUT2D eigenvalue weighted by Crippen LogP contribution is -1.86. The number of benzene rings is 5. The Kier molecular flexibility index (Phi) is 3.76. The molecule has 0 aliphatic rings. The molecule has 0 atom stereocenters. The summed E-state index contributed by atoms with van der Waals surface area (Å²) in [5.74, 6) is 0. The van der Waals surface area contributed by atoms with Crippen molar-refractivity contribution >= 4 is 84.6 Å². The third kappa shape index (κ3) is 2.51. The Morgan fingerprint density at radius 3 is 2.12 bits per heavy atom. The molecule has 0 saturated carbocycles. The Bertz CT molecular complexity index is 2060. The highest BCUT2D eigenvalue weighted by Crippen LogP contribution is 2.46. The zero-order valence-electron chi connectivity index (χ0n) is 18.1. The average Bonchev–Trinajstić information content (AvgIpc) is 3.45. The number of nitrogens with zero attached hydrogens (tertiary/aromatic N) is 1. The molecule has 8 rings (SSSR count). The van der Waals surface area contributed by atoms with Gasteiger partial charge in [0.05, 0.1) is 0 Å². The van der Waals surface area contributed by atoms with Crippen molar-refractivity contribution in [2.75, 3.05) is 0 Å². The lowest BCUT2D eigenvalue weighted by Gasteiger charge is -2.12. The molecule has 34 heavy (non-hydrogen) atoms. The van der Waals surface area contributed by atoms with Crippen molar-refractivity contribution in [2.45, 2.75) is 0 Å². The minimum Gasteiger partial charge on any atom is -0.264 e. The van der Waals surface area contributed by atoms with E-state index in [4.69, 9.17) is 0 Å². The molecule has 8 aromatic rings. The van der Waals surface area contributed by atoms with Gasteiger partial charge in [-0.05, 0) is 58.1 Å². The van der Waals surface area contributed by atoms with Gasteiger partial charge >= 0.3 is 0 Å². The van der Waals surface area contributed by atoms with E-state index in [0.717, 1.165) is 5.56 Å². The van der Waals surface area contributed by atoms with Crippen LogP contribution in [0.25, 0.3) is 73.0 Å². The van der Waals surface area contributed by atoms with Gasteiger partial charge in [-0.1, -0.05) is 54.6 Å². The fourth-order valence-electron chi connectivity index (χ4n) is 5.40. The molecule has 0 aliphatic heterocycles. The van der Waals surface area contributed by atoms with Gasteiger partial charge in [0.1, 0.15) is 0 Å². The Morgan fingerprint density at radius 1 is 0.529 bits per heavy atom. The zero-order valence-corrected chi connectivity index (χ0v) is 19.7. The van der Waals surface area contributed by atoms with Crippen molar-refractivity contribution in [3.8, 4) is 11.1 Å². The fourth-order valence-corrected chi connectivity index (χ4v) is 7.80. The third-order valence-electron chi connectivity index (χ3n) is 6.93. The normalized spacial score (nSPS) is 12.1. The van der Waals surface area contributed by atoms with Crippen LogP contribution in [0.3, 0.4) is 0 Å². The van der Waals surface area contributed by atoms with Crippen LogP contribution in [0.1, 0.15) is 0 Å². The highest BCUT2D eigenvalue weighted by atomic mass is 32.1. The van der Waals surface area contributed by atoms with Crippen LogP contribution in [-0.4, -0.2) is 4.98 Å². The first-order chi connectivity index (χ1) is 16.8. The minimum absolute atomic E-state index is 1.16. The van der Waals surface area contributed by atoms with Crippen LogP contribution in [0, 0.1) is 0 Å². The highest BCUT2D eigenvalue weighted by molar-refractivity contribution is 7.27.